The standard InChI is InChI=1S/C24H28N2O6S/c1-2-22(27)25-9-3-5-17(14-25)24(29)32-16-23(28)26(15-19-6-4-12-33-19)18-7-8-20-21(13-18)31-11-10-30-20/h4,6-8,12-13,17H,2-3,5,9-11,14-16H2,1H3. The lowest BCUT2D eigenvalue weighted by molar-refractivity contribution is -0.154. The Labute approximate surface area is 197 Å². The zero-order valence-corrected chi connectivity index (χ0v) is 19.5. The van der Waals surface area contributed by atoms with Gasteiger partial charge < -0.3 is 24.0 Å². The van der Waals surface area contributed by atoms with Crippen molar-refractivity contribution in [3.63, 3.8) is 0 Å². The number of likely N-dealkylation sites (tertiary alicyclic amines) is 1. The van der Waals surface area contributed by atoms with E-state index in [-0.39, 0.29) is 18.4 Å². The highest BCUT2D eigenvalue weighted by atomic mass is 32.1. The number of rotatable bonds is 7. The quantitative estimate of drug-likeness (QED) is 0.575. The molecule has 1 fully saturated rings. The molecule has 9 heteroatoms. The first-order chi connectivity index (χ1) is 16.0. The van der Waals surface area contributed by atoms with Crippen molar-refractivity contribution in [1.29, 1.82) is 0 Å². The fourth-order valence-corrected chi connectivity index (χ4v) is 4.72. The van der Waals surface area contributed by atoms with E-state index in [1.54, 1.807) is 39.3 Å². The number of carbonyl (C=O) groups is 3. The van der Waals surface area contributed by atoms with Gasteiger partial charge in [-0.1, -0.05) is 13.0 Å². The van der Waals surface area contributed by atoms with Gasteiger partial charge >= 0.3 is 5.97 Å². The number of piperidine rings is 1. The summed E-state index contributed by atoms with van der Waals surface area (Å²) in [5.41, 5.74) is 0.645. The molecule has 0 spiro atoms. The summed E-state index contributed by atoms with van der Waals surface area (Å²) >= 11 is 1.55. The summed E-state index contributed by atoms with van der Waals surface area (Å²) in [5, 5.41) is 1.95. The van der Waals surface area contributed by atoms with Gasteiger partial charge in [-0.2, -0.15) is 0 Å². The van der Waals surface area contributed by atoms with E-state index >= 15 is 0 Å². The van der Waals surface area contributed by atoms with E-state index in [9.17, 15) is 14.4 Å². The third-order valence-electron chi connectivity index (χ3n) is 5.78. The summed E-state index contributed by atoms with van der Waals surface area (Å²) in [6.07, 6.45) is 1.82. The van der Waals surface area contributed by atoms with Crippen LogP contribution in [-0.4, -0.2) is 55.6 Å². The first kappa shape index (κ1) is 23.1. The molecule has 2 aliphatic rings. The number of esters is 1. The second-order valence-electron chi connectivity index (χ2n) is 8.03. The molecule has 2 amide bonds. The molecular formula is C24H28N2O6S. The molecule has 1 atom stereocenters. The van der Waals surface area contributed by atoms with Crippen molar-refractivity contribution in [2.75, 3.05) is 37.8 Å². The van der Waals surface area contributed by atoms with Crippen molar-refractivity contribution >= 4 is 34.8 Å². The predicted octanol–water partition coefficient (Wildman–Crippen LogP) is 3.24. The maximum absolute atomic E-state index is 13.2. The number of anilines is 1. The van der Waals surface area contributed by atoms with Gasteiger partial charge in [-0.25, -0.2) is 0 Å². The number of ether oxygens (including phenoxy) is 3. The molecule has 1 aromatic heterocycles. The summed E-state index contributed by atoms with van der Waals surface area (Å²) < 4.78 is 16.7. The van der Waals surface area contributed by atoms with Crippen molar-refractivity contribution in [1.82, 2.24) is 4.90 Å². The minimum absolute atomic E-state index is 0.0318. The van der Waals surface area contributed by atoms with Crippen LogP contribution in [0.3, 0.4) is 0 Å². The van der Waals surface area contributed by atoms with Crippen LogP contribution < -0.4 is 14.4 Å². The van der Waals surface area contributed by atoms with E-state index < -0.39 is 11.9 Å². The minimum Gasteiger partial charge on any atom is -0.486 e. The summed E-state index contributed by atoms with van der Waals surface area (Å²) in [4.78, 5) is 42.1. The Bertz CT molecular complexity index is 993. The van der Waals surface area contributed by atoms with Crippen LogP contribution in [0.2, 0.25) is 0 Å². The Morgan fingerprint density at radius 3 is 2.76 bits per heavy atom. The molecule has 33 heavy (non-hydrogen) atoms. The third-order valence-corrected chi connectivity index (χ3v) is 6.64. The van der Waals surface area contributed by atoms with Crippen LogP contribution in [0.15, 0.2) is 35.7 Å². The van der Waals surface area contributed by atoms with E-state index in [2.05, 4.69) is 0 Å². The lowest BCUT2D eigenvalue weighted by Gasteiger charge is -2.31. The summed E-state index contributed by atoms with van der Waals surface area (Å²) in [6, 6.07) is 9.24. The van der Waals surface area contributed by atoms with Gasteiger partial charge in [0.2, 0.25) is 5.91 Å². The van der Waals surface area contributed by atoms with Gasteiger partial charge in [-0.3, -0.25) is 14.4 Å². The molecule has 3 heterocycles. The molecule has 0 radical (unpaired) electrons. The monoisotopic (exact) mass is 472 g/mol. The Morgan fingerprint density at radius 1 is 1.18 bits per heavy atom. The lowest BCUT2D eigenvalue weighted by atomic mass is 9.98. The number of nitrogens with zero attached hydrogens (tertiary/aromatic N) is 2. The van der Waals surface area contributed by atoms with E-state index in [0.717, 1.165) is 11.3 Å². The van der Waals surface area contributed by atoms with Gasteiger partial charge in [0.05, 0.1) is 12.5 Å². The SMILES string of the molecule is CCC(=O)N1CCCC(C(=O)OCC(=O)N(Cc2cccs2)c2ccc3c(c2)OCCO3)C1. The van der Waals surface area contributed by atoms with Gasteiger partial charge in [0.25, 0.3) is 5.91 Å². The molecular weight excluding hydrogens is 444 g/mol. The number of carbonyl (C=O) groups excluding carboxylic acids is 3. The summed E-state index contributed by atoms with van der Waals surface area (Å²) in [7, 11) is 0. The Kier molecular flexibility index (Phi) is 7.49. The van der Waals surface area contributed by atoms with Crippen LogP contribution in [0.1, 0.15) is 31.1 Å². The van der Waals surface area contributed by atoms with E-state index in [1.807, 2.05) is 24.4 Å². The highest BCUT2D eigenvalue weighted by Gasteiger charge is 2.30. The molecule has 0 saturated carbocycles. The second-order valence-corrected chi connectivity index (χ2v) is 9.06. The second kappa shape index (κ2) is 10.7. The third kappa shape index (κ3) is 5.65. The number of hydrogen-bond acceptors (Lipinski definition) is 7. The molecule has 1 unspecified atom stereocenters. The van der Waals surface area contributed by atoms with Gasteiger partial charge in [-0.05, 0) is 36.4 Å². The van der Waals surface area contributed by atoms with Crippen LogP contribution in [0.5, 0.6) is 11.5 Å². The maximum Gasteiger partial charge on any atom is 0.311 e. The Balaban J connectivity index is 1.43. The van der Waals surface area contributed by atoms with Crippen molar-refractivity contribution in [3.05, 3.63) is 40.6 Å². The molecule has 1 saturated heterocycles. The molecule has 0 aliphatic carbocycles. The van der Waals surface area contributed by atoms with Gasteiger partial charge in [0.1, 0.15) is 13.2 Å². The molecule has 176 valence electrons. The smallest absolute Gasteiger partial charge is 0.311 e. The fourth-order valence-electron chi connectivity index (χ4n) is 4.03. The number of hydrogen-bond donors (Lipinski definition) is 0. The zero-order chi connectivity index (χ0) is 23.2. The number of amides is 2. The largest absolute Gasteiger partial charge is 0.486 e. The molecule has 2 aromatic rings. The Hall–Kier alpha value is -3.07. The van der Waals surface area contributed by atoms with Crippen LogP contribution >= 0.6 is 11.3 Å². The highest BCUT2D eigenvalue weighted by Crippen LogP contribution is 2.34. The first-order valence-electron chi connectivity index (χ1n) is 11.2. The van der Waals surface area contributed by atoms with Crippen molar-refractivity contribution < 1.29 is 28.6 Å². The van der Waals surface area contributed by atoms with E-state index in [0.29, 0.717) is 62.9 Å². The number of fused-ring (bicyclic) bond motifs is 1. The van der Waals surface area contributed by atoms with Crippen LogP contribution in [0.25, 0.3) is 0 Å². The molecule has 0 N–H and O–H groups in total. The van der Waals surface area contributed by atoms with Crippen LogP contribution in [0, 0.1) is 5.92 Å². The molecule has 2 aliphatic heterocycles. The van der Waals surface area contributed by atoms with Gasteiger partial charge in [0, 0.05) is 36.1 Å². The molecule has 0 bridgehead atoms. The summed E-state index contributed by atoms with van der Waals surface area (Å²) in [6.45, 7) is 3.75. The van der Waals surface area contributed by atoms with Crippen LogP contribution in [-0.2, 0) is 25.7 Å². The lowest BCUT2D eigenvalue weighted by Crippen LogP contribution is -2.43. The van der Waals surface area contributed by atoms with Gasteiger partial charge in [0.15, 0.2) is 18.1 Å². The average molecular weight is 473 g/mol. The predicted molar refractivity (Wildman–Crippen MR) is 123 cm³/mol. The maximum atomic E-state index is 13.2. The summed E-state index contributed by atoms with van der Waals surface area (Å²) in [5.74, 6) is 0.0957. The topological polar surface area (TPSA) is 85.4 Å². The molecule has 1 aromatic carbocycles. The Morgan fingerprint density at radius 2 is 2.00 bits per heavy atom. The van der Waals surface area contributed by atoms with Crippen molar-refractivity contribution in [2.45, 2.75) is 32.7 Å². The fraction of sp³-hybridized carbons (Fsp3) is 0.458. The van der Waals surface area contributed by atoms with E-state index in [1.165, 1.54) is 0 Å². The first-order valence-corrected chi connectivity index (χ1v) is 12.1. The van der Waals surface area contributed by atoms with Crippen molar-refractivity contribution in [2.24, 2.45) is 5.92 Å². The zero-order valence-electron chi connectivity index (χ0n) is 18.7. The van der Waals surface area contributed by atoms with Crippen molar-refractivity contribution in [3.8, 4) is 11.5 Å². The minimum atomic E-state index is -0.435. The molecule has 4 rings (SSSR count). The highest BCUT2D eigenvalue weighted by molar-refractivity contribution is 7.09. The van der Waals surface area contributed by atoms with E-state index in [4.69, 9.17) is 14.2 Å². The molecule has 8 nitrogen and oxygen atoms in total. The number of benzene rings is 1. The van der Waals surface area contributed by atoms with Gasteiger partial charge in [-0.15, -0.1) is 11.3 Å². The average Bonchev–Trinajstić information content (AvgIpc) is 3.38. The van der Waals surface area contributed by atoms with Crippen LogP contribution in [0.4, 0.5) is 5.69 Å². The number of thiophene rings is 1. The normalized spacial score (nSPS) is 17.4.